The van der Waals surface area contributed by atoms with Crippen LogP contribution in [-0.2, 0) is 6.54 Å². The molecule has 10 heavy (non-hydrogen) atoms. The number of hydrogen-bond donors (Lipinski definition) is 1. The van der Waals surface area contributed by atoms with Gasteiger partial charge in [0.15, 0.2) is 0 Å². The molecule has 56 valence electrons. The van der Waals surface area contributed by atoms with Crippen LogP contribution in [0.15, 0.2) is 17.5 Å². The lowest BCUT2D eigenvalue weighted by atomic mass is 10.4. The van der Waals surface area contributed by atoms with Crippen LogP contribution in [0, 0.1) is 0 Å². The summed E-state index contributed by atoms with van der Waals surface area (Å²) in [6.45, 7) is 2.14. The van der Waals surface area contributed by atoms with Crippen molar-refractivity contribution in [1.82, 2.24) is 5.32 Å². The minimum absolute atomic E-state index is 1.03. The van der Waals surface area contributed by atoms with Crippen LogP contribution >= 0.6 is 33.9 Å². The molecule has 0 bridgehead atoms. The van der Waals surface area contributed by atoms with Crippen LogP contribution in [0.5, 0.6) is 0 Å². The Morgan fingerprint density at radius 2 is 2.50 bits per heavy atom. The third kappa shape index (κ3) is 2.98. The summed E-state index contributed by atoms with van der Waals surface area (Å²) in [5, 5.41) is 5.45. The maximum Gasteiger partial charge on any atom is 0.0299 e. The number of halogens is 1. The lowest BCUT2D eigenvalue weighted by Crippen LogP contribution is -2.14. The smallest absolute Gasteiger partial charge is 0.0299 e. The number of rotatable bonds is 4. The van der Waals surface area contributed by atoms with E-state index in [-0.39, 0.29) is 0 Å². The second-order valence-corrected chi connectivity index (χ2v) is 4.06. The molecule has 0 fully saturated rings. The highest BCUT2D eigenvalue weighted by atomic mass is 127. The zero-order valence-corrected chi connectivity index (χ0v) is 8.61. The summed E-state index contributed by atoms with van der Waals surface area (Å²) in [5.41, 5.74) is 0. The minimum Gasteiger partial charge on any atom is -0.311 e. The first-order valence-electron chi connectivity index (χ1n) is 3.22. The molecular weight excluding hydrogens is 257 g/mol. The van der Waals surface area contributed by atoms with Crippen molar-refractivity contribution in [2.45, 2.75) is 6.54 Å². The van der Waals surface area contributed by atoms with Crippen molar-refractivity contribution in [2.24, 2.45) is 0 Å². The first kappa shape index (κ1) is 8.49. The van der Waals surface area contributed by atoms with Crippen LogP contribution in [0.2, 0.25) is 0 Å². The number of alkyl halides is 1. The van der Waals surface area contributed by atoms with E-state index in [4.69, 9.17) is 0 Å². The average Bonchev–Trinajstić information content (AvgIpc) is 2.41. The van der Waals surface area contributed by atoms with Crippen LogP contribution in [0.25, 0.3) is 0 Å². The van der Waals surface area contributed by atoms with Gasteiger partial charge in [0.1, 0.15) is 0 Å². The SMILES string of the molecule is ICCNCc1cccs1. The zero-order valence-electron chi connectivity index (χ0n) is 5.64. The van der Waals surface area contributed by atoms with Gasteiger partial charge in [-0.25, -0.2) is 0 Å². The molecular formula is C7H10INS. The summed E-state index contributed by atoms with van der Waals surface area (Å²) in [6.07, 6.45) is 0. The fraction of sp³-hybridized carbons (Fsp3) is 0.429. The van der Waals surface area contributed by atoms with E-state index in [2.05, 4.69) is 45.4 Å². The molecule has 1 aromatic rings. The summed E-state index contributed by atoms with van der Waals surface area (Å²) < 4.78 is 1.18. The molecule has 3 heteroatoms. The Balaban J connectivity index is 2.15. The van der Waals surface area contributed by atoms with Crippen LogP contribution in [0.1, 0.15) is 4.88 Å². The molecule has 0 spiro atoms. The van der Waals surface area contributed by atoms with E-state index in [1.807, 2.05) is 11.3 Å². The summed E-state index contributed by atoms with van der Waals surface area (Å²) in [4.78, 5) is 1.42. The molecule has 1 heterocycles. The average molecular weight is 267 g/mol. The van der Waals surface area contributed by atoms with E-state index in [0.717, 1.165) is 13.1 Å². The topological polar surface area (TPSA) is 12.0 Å². The Labute approximate surface area is 79.0 Å². The summed E-state index contributed by atoms with van der Waals surface area (Å²) in [7, 11) is 0. The fourth-order valence-corrected chi connectivity index (χ4v) is 1.75. The van der Waals surface area contributed by atoms with E-state index in [0.29, 0.717) is 0 Å². The molecule has 0 radical (unpaired) electrons. The lowest BCUT2D eigenvalue weighted by molar-refractivity contribution is 0.746. The standard InChI is InChI=1S/C7H10INS/c8-3-4-9-6-7-2-1-5-10-7/h1-2,5,9H,3-4,6H2. The maximum atomic E-state index is 3.34. The summed E-state index contributed by atoms with van der Waals surface area (Å²) >= 11 is 4.18. The third-order valence-corrected chi connectivity index (χ3v) is 2.57. The molecule has 0 saturated heterocycles. The van der Waals surface area contributed by atoms with Crippen molar-refractivity contribution >= 4 is 33.9 Å². The van der Waals surface area contributed by atoms with Gasteiger partial charge < -0.3 is 5.32 Å². The van der Waals surface area contributed by atoms with E-state index >= 15 is 0 Å². The van der Waals surface area contributed by atoms with Gasteiger partial charge in [0.25, 0.3) is 0 Å². The van der Waals surface area contributed by atoms with Crippen molar-refractivity contribution in [1.29, 1.82) is 0 Å². The van der Waals surface area contributed by atoms with E-state index in [1.54, 1.807) is 0 Å². The number of nitrogens with one attached hydrogen (secondary N) is 1. The molecule has 0 amide bonds. The van der Waals surface area contributed by atoms with Crippen molar-refractivity contribution in [2.75, 3.05) is 11.0 Å². The van der Waals surface area contributed by atoms with Gasteiger partial charge in [0, 0.05) is 22.4 Å². The normalized spacial score (nSPS) is 10.1. The van der Waals surface area contributed by atoms with Gasteiger partial charge in [-0.15, -0.1) is 11.3 Å². The van der Waals surface area contributed by atoms with Gasteiger partial charge in [-0.1, -0.05) is 28.7 Å². The van der Waals surface area contributed by atoms with Crippen molar-refractivity contribution in [3.63, 3.8) is 0 Å². The van der Waals surface area contributed by atoms with Crippen LogP contribution in [0.3, 0.4) is 0 Å². The van der Waals surface area contributed by atoms with Gasteiger partial charge in [0.2, 0.25) is 0 Å². The van der Waals surface area contributed by atoms with E-state index in [1.165, 1.54) is 9.30 Å². The van der Waals surface area contributed by atoms with Crippen molar-refractivity contribution < 1.29 is 0 Å². The van der Waals surface area contributed by atoms with Gasteiger partial charge in [-0.2, -0.15) is 0 Å². The maximum absolute atomic E-state index is 3.34. The van der Waals surface area contributed by atoms with Crippen molar-refractivity contribution in [3.8, 4) is 0 Å². The highest BCUT2D eigenvalue weighted by Gasteiger charge is 1.89. The minimum atomic E-state index is 1.03. The molecule has 1 rings (SSSR count). The van der Waals surface area contributed by atoms with Crippen LogP contribution in [0.4, 0.5) is 0 Å². The largest absolute Gasteiger partial charge is 0.311 e. The quantitative estimate of drug-likeness (QED) is 0.501. The highest BCUT2D eigenvalue weighted by Crippen LogP contribution is 2.06. The Morgan fingerprint density at radius 3 is 3.10 bits per heavy atom. The van der Waals surface area contributed by atoms with Gasteiger partial charge in [-0.3, -0.25) is 0 Å². The summed E-state index contributed by atoms with van der Waals surface area (Å²) in [6, 6.07) is 4.25. The molecule has 1 N–H and O–H groups in total. The van der Waals surface area contributed by atoms with E-state index < -0.39 is 0 Å². The second-order valence-electron chi connectivity index (χ2n) is 1.95. The highest BCUT2D eigenvalue weighted by molar-refractivity contribution is 14.1. The molecule has 0 unspecified atom stereocenters. The molecule has 1 nitrogen and oxygen atoms in total. The molecule has 0 aliphatic heterocycles. The Morgan fingerprint density at radius 1 is 1.60 bits per heavy atom. The predicted octanol–water partition coefficient (Wildman–Crippen LogP) is 2.27. The third-order valence-electron chi connectivity index (χ3n) is 1.15. The van der Waals surface area contributed by atoms with Crippen LogP contribution < -0.4 is 5.32 Å². The van der Waals surface area contributed by atoms with E-state index in [9.17, 15) is 0 Å². The first-order valence-corrected chi connectivity index (χ1v) is 5.63. The number of hydrogen-bond acceptors (Lipinski definition) is 2. The Hall–Kier alpha value is 0.390. The molecule has 0 aliphatic rings. The van der Waals surface area contributed by atoms with Gasteiger partial charge in [0.05, 0.1) is 0 Å². The predicted molar refractivity (Wildman–Crippen MR) is 54.9 cm³/mol. The Kier molecular flexibility index (Phi) is 4.32. The van der Waals surface area contributed by atoms with Crippen LogP contribution in [-0.4, -0.2) is 11.0 Å². The molecule has 1 aromatic heterocycles. The fourth-order valence-electron chi connectivity index (χ4n) is 0.692. The lowest BCUT2D eigenvalue weighted by Gasteiger charge is -1.97. The molecule has 0 saturated carbocycles. The Bertz CT molecular complexity index is 162. The monoisotopic (exact) mass is 267 g/mol. The summed E-state index contributed by atoms with van der Waals surface area (Å²) in [5.74, 6) is 0. The molecule has 0 aromatic carbocycles. The molecule has 0 aliphatic carbocycles. The van der Waals surface area contributed by atoms with Gasteiger partial charge in [-0.05, 0) is 11.4 Å². The van der Waals surface area contributed by atoms with Gasteiger partial charge >= 0.3 is 0 Å². The first-order chi connectivity index (χ1) is 4.93. The zero-order chi connectivity index (χ0) is 7.23. The second kappa shape index (κ2) is 5.09. The van der Waals surface area contributed by atoms with Crippen molar-refractivity contribution in [3.05, 3.63) is 22.4 Å². The number of thiophene rings is 1. The molecule has 0 atom stereocenters.